The summed E-state index contributed by atoms with van der Waals surface area (Å²) in [5.41, 5.74) is 6.64. The van der Waals surface area contributed by atoms with Crippen LogP contribution in [0.2, 0.25) is 0 Å². The molecule has 0 fully saturated rings. The molecule has 0 aliphatic carbocycles. The molecule has 0 radical (unpaired) electrons. The molecule has 2 aromatic heterocycles. The van der Waals surface area contributed by atoms with E-state index in [0.29, 0.717) is 12.1 Å². The minimum absolute atomic E-state index is 0.166. The Morgan fingerprint density at radius 2 is 1.67 bits per heavy atom. The summed E-state index contributed by atoms with van der Waals surface area (Å²) in [5.74, 6) is -2.98. The maximum atomic E-state index is 14.5. The number of aromatic nitrogens is 6. The third-order valence-corrected chi connectivity index (χ3v) is 4.22. The second-order valence-corrected chi connectivity index (χ2v) is 6.21. The van der Waals surface area contributed by atoms with Crippen molar-refractivity contribution in [1.29, 1.82) is 0 Å². The van der Waals surface area contributed by atoms with Gasteiger partial charge in [0.25, 0.3) is 5.89 Å². The zero-order valence-electron chi connectivity index (χ0n) is 15.1. The minimum Gasteiger partial charge on any atom is -0.415 e. The molecule has 2 heterocycles. The molecule has 0 aliphatic heterocycles. The number of alkyl halides is 2. The summed E-state index contributed by atoms with van der Waals surface area (Å²) in [6.45, 7) is 0.0555. The highest BCUT2D eigenvalue weighted by molar-refractivity contribution is 5.55. The van der Waals surface area contributed by atoms with Crippen LogP contribution in [0.5, 0.6) is 0 Å². The fourth-order valence-electron chi connectivity index (χ4n) is 2.67. The first kappa shape index (κ1) is 19.6. The molecule has 154 valence electrons. The van der Waals surface area contributed by atoms with E-state index in [1.165, 1.54) is 0 Å². The van der Waals surface area contributed by atoms with Crippen LogP contribution in [0, 0.1) is 11.6 Å². The van der Waals surface area contributed by atoms with Crippen LogP contribution in [0.3, 0.4) is 0 Å². The minimum atomic E-state index is -2.99. The van der Waals surface area contributed by atoms with Crippen LogP contribution in [0.4, 0.5) is 17.6 Å². The Bertz CT molecular complexity index is 1150. The largest absolute Gasteiger partial charge is 0.415 e. The lowest BCUT2D eigenvalue weighted by molar-refractivity contribution is 0.116. The number of nitrogens with two attached hydrogens (primary N) is 1. The molecular weight excluding hydrogens is 406 g/mol. The van der Waals surface area contributed by atoms with E-state index in [0.717, 1.165) is 22.5 Å². The van der Waals surface area contributed by atoms with Crippen molar-refractivity contribution in [2.75, 3.05) is 0 Å². The molecule has 8 nitrogen and oxygen atoms in total. The molecule has 2 N–H and O–H groups in total. The highest BCUT2D eigenvalue weighted by atomic mass is 19.3. The predicted molar refractivity (Wildman–Crippen MR) is 94.9 cm³/mol. The van der Waals surface area contributed by atoms with Crippen molar-refractivity contribution in [2.45, 2.75) is 19.5 Å². The van der Waals surface area contributed by atoms with Crippen molar-refractivity contribution in [3.8, 4) is 22.8 Å². The molecule has 30 heavy (non-hydrogen) atoms. The molecule has 0 spiro atoms. The van der Waals surface area contributed by atoms with Gasteiger partial charge in [-0.05, 0) is 22.9 Å². The third-order valence-electron chi connectivity index (χ3n) is 4.22. The number of rotatable bonds is 6. The van der Waals surface area contributed by atoms with Crippen LogP contribution < -0.4 is 5.73 Å². The van der Waals surface area contributed by atoms with Gasteiger partial charge in [0.2, 0.25) is 11.7 Å². The standard InChI is InChI=1S/C18H13F4N7O/c19-13-5-11(17-25-26-18(30-17)15(21)22)6-14(20)12(13)8-29-27-16(24-28-29)10-3-1-9(7-23)2-4-10/h1-6,15H,7-8,23H2. The zero-order chi connectivity index (χ0) is 21.3. The molecule has 0 bridgehead atoms. The van der Waals surface area contributed by atoms with E-state index >= 15 is 0 Å². The Morgan fingerprint density at radius 1 is 0.967 bits per heavy atom. The lowest BCUT2D eigenvalue weighted by Crippen LogP contribution is -2.08. The number of nitrogens with zero attached hydrogens (tertiary/aromatic N) is 6. The summed E-state index contributed by atoms with van der Waals surface area (Å²) in [5, 5.41) is 18.3. The highest BCUT2D eigenvalue weighted by Crippen LogP contribution is 2.26. The quantitative estimate of drug-likeness (QED) is 0.478. The molecule has 0 aliphatic rings. The molecule has 0 amide bonds. The zero-order valence-corrected chi connectivity index (χ0v) is 15.1. The van der Waals surface area contributed by atoms with Crippen molar-refractivity contribution in [3.63, 3.8) is 0 Å². The number of benzene rings is 2. The molecule has 0 atom stereocenters. The van der Waals surface area contributed by atoms with Gasteiger partial charge in [-0.1, -0.05) is 24.3 Å². The summed E-state index contributed by atoms with van der Waals surface area (Å²) in [4.78, 5) is 1.04. The highest BCUT2D eigenvalue weighted by Gasteiger charge is 2.20. The van der Waals surface area contributed by atoms with Crippen LogP contribution >= 0.6 is 0 Å². The van der Waals surface area contributed by atoms with Crippen molar-refractivity contribution in [2.24, 2.45) is 5.73 Å². The first-order valence-electron chi connectivity index (χ1n) is 8.61. The lowest BCUT2D eigenvalue weighted by Gasteiger charge is -2.05. The van der Waals surface area contributed by atoms with Gasteiger partial charge in [-0.3, -0.25) is 0 Å². The number of halogens is 4. The van der Waals surface area contributed by atoms with Crippen LogP contribution in [0.25, 0.3) is 22.8 Å². The summed E-state index contributed by atoms with van der Waals surface area (Å²) in [6.07, 6.45) is -2.99. The van der Waals surface area contributed by atoms with E-state index in [2.05, 4.69) is 25.6 Å². The molecule has 0 unspecified atom stereocenters. The Morgan fingerprint density at radius 3 is 2.27 bits per heavy atom. The molecule has 4 rings (SSSR count). The van der Waals surface area contributed by atoms with Gasteiger partial charge in [-0.2, -0.15) is 13.6 Å². The molecule has 0 saturated heterocycles. The Labute approximate surface area is 166 Å². The average Bonchev–Trinajstić information content (AvgIpc) is 3.41. The van der Waals surface area contributed by atoms with Crippen LogP contribution in [-0.2, 0) is 13.1 Å². The maximum Gasteiger partial charge on any atom is 0.314 e. The van der Waals surface area contributed by atoms with Gasteiger partial charge in [0.15, 0.2) is 0 Å². The first-order valence-corrected chi connectivity index (χ1v) is 8.61. The second kappa shape index (κ2) is 7.99. The summed E-state index contributed by atoms with van der Waals surface area (Å²) in [6, 6.07) is 8.96. The van der Waals surface area contributed by atoms with Crippen molar-refractivity contribution in [1.82, 2.24) is 30.4 Å². The van der Waals surface area contributed by atoms with Gasteiger partial charge in [-0.15, -0.1) is 20.4 Å². The van der Waals surface area contributed by atoms with E-state index in [9.17, 15) is 17.6 Å². The lowest BCUT2D eigenvalue weighted by atomic mass is 10.1. The van der Waals surface area contributed by atoms with Crippen molar-refractivity contribution < 1.29 is 22.0 Å². The molecule has 4 aromatic rings. The van der Waals surface area contributed by atoms with E-state index in [-0.39, 0.29) is 23.5 Å². The topological polar surface area (TPSA) is 109 Å². The normalized spacial score (nSPS) is 11.4. The smallest absolute Gasteiger partial charge is 0.314 e. The van der Waals surface area contributed by atoms with Gasteiger partial charge in [0, 0.05) is 23.2 Å². The molecule has 0 saturated carbocycles. The van der Waals surface area contributed by atoms with Gasteiger partial charge in [-0.25, -0.2) is 8.78 Å². The summed E-state index contributed by atoms with van der Waals surface area (Å²) >= 11 is 0. The van der Waals surface area contributed by atoms with Crippen LogP contribution in [0.15, 0.2) is 40.8 Å². The van der Waals surface area contributed by atoms with E-state index < -0.39 is 29.8 Å². The SMILES string of the molecule is NCc1ccc(-c2nnn(Cc3c(F)cc(-c4nnc(C(F)F)o4)cc3F)n2)cc1. The number of hydrogen-bond donors (Lipinski definition) is 1. The number of tetrazole rings is 1. The fourth-order valence-corrected chi connectivity index (χ4v) is 2.67. The van der Waals surface area contributed by atoms with E-state index in [1.807, 2.05) is 12.1 Å². The molecule has 12 heteroatoms. The number of hydrogen-bond acceptors (Lipinski definition) is 7. The molecule has 2 aromatic carbocycles. The third kappa shape index (κ3) is 3.89. The van der Waals surface area contributed by atoms with Crippen LogP contribution in [-0.4, -0.2) is 30.4 Å². The maximum absolute atomic E-state index is 14.5. The van der Waals surface area contributed by atoms with Gasteiger partial charge in [0.05, 0.1) is 6.54 Å². The van der Waals surface area contributed by atoms with E-state index in [1.54, 1.807) is 12.1 Å². The summed E-state index contributed by atoms with van der Waals surface area (Å²) < 4.78 is 58.8. The van der Waals surface area contributed by atoms with Gasteiger partial charge in [0.1, 0.15) is 11.6 Å². The van der Waals surface area contributed by atoms with Gasteiger partial charge < -0.3 is 10.2 Å². The Kier molecular flexibility index (Phi) is 5.23. The Hall–Kier alpha value is -3.67. The second-order valence-electron chi connectivity index (χ2n) is 6.21. The van der Waals surface area contributed by atoms with Gasteiger partial charge >= 0.3 is 6.43 Å². The summed E-state index contributed by atoms with van der Waals surface area (Å²) in [7, 11) is 0. The predicted octanol–water partition coefficient (Wildman–Crippen LogP) is 3.11. The van der Waals surface area contributed by atoms with Crippen molar-refractivity contribution >= 4 is 0 Å². The monoisotopic (exact) mass is 419 g/mol. The average molecular weight is 419 g/mol. The fraction of sp³-hybridized carbons (Fsp3) is 0.167. The van der Waals surface area contributed by atoms with Crippen molar-refractivity contribution in [3.05, 3.63) is 65.1 Å². The van der Waals surface area contributed by atoms with Crippen LogP contribution in [0.1, 0.15) is 23.4 Å². The molecular formula is C18H13F4N7O. The van der Waals surface area contributed by atoms with E-state index in [4.69, 9.17) is 10.2 Å². The Balaban J connectivity index is 1.57. The first-order chi connectivity index (χ1) is 14.4.